The van der Waals surface area contributed by atoms with Gasteiger partial charge in [-0.15, -0.1) is 11.3 Å². The fourth-order valence-electron chi connectivity index (χ4n) is 3.14. The van der Waals surface area contributed by atoms with Crippen molar-refractivity contribution >= 4 is 21.6 Å². The second-order valence-corrected chi connectivity index (χ2v) is 7.59. The number of aromatic nitrogens is 1. The van der Waals surface area contributed by atoms with Crippen LogP contribution in [-0.2, 0) is 0 Å². The van der Waals surface area contributed by atoms with Crippen LogP contribution in [0.25, 0.3) is 20.8 Å². The maximum Gasteiger partial charge on any atom is 0.124 e. The van der Waals surface area contributed by atoms with Gasteiger partial charge in [0.2, 0.25) is 0 Å². The first-order chi connectivity index (χ1) is 12.8. The van der Waals surface area contributed by atoms with Crippen LogP contribution < -0.4 is 4.74 Å². The molecule has 0 saturated carbocycles. The Morgan fingerprint density at radius 3 is 2.35 bits per heavy atom. The normalized spacial score (nSPS) is 11.3. The third-order valence-corrected chi connectivity index (χ3v) is 5.45. The third kappa shape index (κ3) is 5.05. The van der Waals surface area contributed by atoms with Crippen molar-refractivity contribution in [3.63, 3.8) is 0 Å². The van der Waals surface area contributed by atoms with Gasteiger partial charge in [-0.05, 0) is 68.8 Å². The highest BCUT2D eigenvalue weighted by molar-refractivity contribution is 7.21. The van der Waals surface area contributed by atoms with E-state index in [9.17, 15) is 0 Å². The number of ether oxygens (including phenoxy) is 1. The number of hydrogen-bond acceptors (Lipinski definition) is 4. The topological polar surface area (TPSA) is 25.4 Å². The van der Waals surface area contributed by atoms with Crippen LogP contribution in [0.15, 0.2) is 48.5 Å². The van der Waals surface area contributed by atoms with E-state index in [1.807, 2.05) is 6.07 Å². The molecule has 0 aliphatic rings. The lowest BCUT2D eigenvalue weighted by Crippen LogP contribution is -2.27. The summed E-state index contributed by atoms with van der Waals surface area (Å²) >= 11 is 1.73. The van der Waals surface area contributed by atoms with Gasteiger partial charge in [0, 0.05) is 12.1 Å². The molecule has 3 nitrogen and oxygen atoms in total. The van der Waals surface area contributed by atoms with Crippen molar-refractivity contribution in [3.05, 3.63) is 48.5 Å². The van der Waals surface area contributed by atoms with E-state index in [0.717, 1.165) is 41.4 Å². The Labute approximate surface area is 160 Å². The van der Waals surface area contributed by atoms with Crippen LogP contribution in [0.3, 0.4) is 0 Å². The summed E-state index contributed by atoms with van der Waals surface area (Å²) in [4.78, 5) is 7.24. The van der Waals surface area contributed by atoms with Gasteiger partial charge < -0.3 is 9.64 Å². The number of para-hydroxylation sites is 1. The van der Waals surface area contributed by atoms with Crippen LogP contribution in [0.1, 0.15) is 33.1 Å². The fraction of sp³-hybridized carbons (Fsp3) is 0.409. The maximum absolute atomic E-state index is 5.92. The van der Waals surface area contributed by atoms with Gasteiger partial charge in [-0.1, -0.05) is 26.0 Å². The molecule has 1 aromatic heterocycles. The second-order valence-electron chi connectivity index (χ2n) is 6.55. The largest absolute Gasteiger partial charge is 0.494 e. The first-order valence-corrected chi connectivity index (χ1v) is 10.4. The molecule has 0 aliphatic heterocycles. The van der Waals surface area contributed by atoms with Gasteiger partial charge in [-0.3, -0.25) is 0 Å². The van der Waals surface area contributed by atoms with Gasteiger partial charge in [-0.25, -0.2) is 4.98 Å². The molecule has 3 aromatic rings. The number of nitrogens with zero attached hydrogens (tertiary/aromatic N) is 2. The Hall–Kier alpha value is -1.91. The average molecular weight is 369 g/mol. The molecule has 138 valence electrons. The zero-order valence-corrected chi connectivity index (χ0v) is 16.6. The summed E-state index contributed by atoms with van der Waals surface area (Å²) in [5.74, 6) is 0.937. The molecule has 1 heterocycles. The molecule has 0 aliphatic carbocycles. The molecule has 26 heavy (non-hydrogen) atoms. The molecule has 3 rings (SSSR count). The maximum atomic E-state index is 5.92. The van der Waals surface area contributed by atoms with Gasteiger partial charge in [0.15, 0.2) is 0 Å². The van der Waals surface area contributed by atoms with Crippen molar-refractivity contribution in [2.75, 3.05) is 26.2 Å². The molecule has 0 radical (unpaired) electrons. The van der Waals surface area contributed by atoms with Gasteiger partial charge >= 0.3 is 0 Å². The predicted molar refractivity (Wildman–Crippen MR) is 112 cm³/mol. The Kier molecular flexibility index (Phi) is 7.04. The number of benzene rings is 2. The molecule has 0 saturated heterocycles. The minimum atomic E-state index is 0.768. The molecular weight excluding hydrogens is 340 g/mol. The number of thiazole rings is 1. The second kappa shape index (κ2) is 9.70. The molecule has 0 fully saturated rings. The standard InChI is InChI=1S/C22H28N2OS/c1-3-14-24(15-4-2)16-7-17-25-19-12-10-18(11-13-19)22-23-20-8-5-6-9-21(20)26-22/h5-6,8-13H,3-4,7,14-17H2,1-2H3. The van der Waals surface area contributed by atoms with E-state index in [1.165, 1.54) is 30.6 Å². The average Bonchev–Trinajstić information content (AvgIpc) is 3.10. The zero-order chi connectivity index (χ0) is 18.2. The summed E-state index contributed by atoms with van der Waals surface area (Å²) in [6, 6.07) is 16.6. The highest BCUT2D eigenvalue weighted by Crippen LogP contribution is 2.30. The van der Waals surface area contributed by atoms with Gasteiger partial charge in [0.05, 0.1) is 16.8 Å². The van der Waals surface area contributed by atoms with Crippen LogP contribution in [0.5, 0.6) is 5.75 Å². The monoisotopic (exact) mass is 368 g/mol. The summed E-state index contributed by atoms with van der Waals surface area (Å²) in [6.07, 6.45) is 3.50. The number of hydrogen-bond donors (Lipinski definition) is 0. The summed E-state index contributed by atoms with van der Waals surface area (Å²) in [5, 5.41) is 1.06. The Morgan fingerprint density at radius 1 is 0.923 bits per heavy atom. The van der Waals surface area contributed by atoms with Gasteiger partial charge in [0.25, 0.3) is 0 Å². The number of rotatable bonds is 10. The van der Waals surface area contributed by atoms with Crippen LogP contribution >= 0.6 is 11.3 Å². The van der Waals surface area contributed by atoms with E-state index in [2.05, 4.69) is 61.2 Å². The van der Waals surface area contributed by atoms with Crippen molar-refractivity contribution < 1.29 is 4.74 Å². The zero-order valence-electron chi connectivity index (χ0n) is 15.8. The fourth-order valence-corrected chi connectivity index (χ4v) is 4.11. The van der Waals surface area contributed by atoms with E-state index in [1.54, 1.807) is 11.3 Å². The third-order valence-electron chi connectivity index (χ3n) is 4.36. The smallest absolute Gasteiger partial charge is 0.124 e. The van der Waals surface area contributed by atoms with E-state index in [0.29, 0.717) is 0 Å². The SMILES string of the molecule is CCCN(CCC)CCCOc1ccc(-c2nc3ccccc3s2)cc1. The van der Waals surface area contributed by atoms with E-state index in [-0.39, 0.29) is 0 Å². The van der Waals surface area contributed by atoms with Crippen molar-refractivity contribution in [1.29, 1.82) is 0 Å². The van der Waals surface area contributed by atoms with E-state index in [4.69, 9.17) is 9.72 Å². The Balaban J connectivity index is 1.51. The summed E-state index contributed by atoms with van der Waals surface area (Å²) in [7, 11) is 0. The molecule has 0 unspecified atom stereocenters. The van der Waals surface area contributed by atoms with Gasteiger partial charge in [0.1, 0.15) is 10.8 Å². The van der Waals surface area contributed by atoms with E-state index >= 15 is 0 Å². The quantitative estimate of drug-likeness (QED) is 0.419. The molecule has 0 amide bonds. The van der Waals surface area contributed by atoms with Crippen molar-refractivity contribution in [1.82, 2.24) is 9.88 Å². The first-order valence-electron chi connectivity index (χ1n) is 9.61. The predicted octanol–water partition coefficient (Wildman–Crippen LogP) is 5.85. The Bertz CT molecular complexity index is 758. The molecule has 0 spiro atoms. The minimum absolute atomic E-state index is 0.768. The van der Waals surface area contributed by atoms with Crippen LogP contribution in [0, 0.1) is 0 Å². The van der Waals surface area contributed by atoms with E-state index < -0.39 is 0 Å². The lowest BCUT2D eigenvalue weighted by Gasteiger charge is -2.20. The Morgan fingerprint density at radius 2 is 1.65 bits per heavy atom. The molecule has 0 atom stereocenters. The van der Waals surface area contributed by atoms with Crippen molar-refractivity contribution in [2.45, 2.75) is 33.1 Å². The van der Waals surface area contributed by atoms with Crippen LogP contribution in [-0.4, -0.2) is 36.1 Å². The molecule has 0 N–H and O–H groups in total. The summed E-state index contributed by atoms with van der Waals surface area (Å²) in [5.41, 5.74) is 2.21. The summed E-state index contributed by atoms with van der Waals surface area (Å²) in [6.45, 7) is 8.74. The molecular formula is C22H28N2OS. The lowest BCUT2D eigenvalue weighted by molar-refractivity contribution is 0.234. The van der Waals surface area contributed by atoms with Gasteiger partial charge in [-0.2, -0.15) is 0 Å². The summed E-state index contributed by atoms with van der Waals surface area (Å²) < 4.78 is 7.15. The molecule has 0 bridgehead atoms. The molecule has 4 heteroatoms. The minimum Gasteiger partial charge on any atom is -0.494 e. The first kappa shape index (κ1) is 18.9. The highest BCUT2D eigenvalue weighted by atomic mass is 32.1. The lowest BCUT2D eigenvalue weighted by atomic mass is 10.2. The number of fused-ring (bicyclic) bond motifs is 1. The van der Waals surface area contributed by atoms with Crippen molar-refractivity contribution in [2.24, 2.45) is 0 Å². The van der Waals surface area contributed by atoms with Crippen LogP contribution in [0.2, 0.25) is 0 Å². The van der Waals surface area contributed by atoms with Crippen LogP contribution in [0.4, 0.5) is 0 Å². The van der Waals surface area contributed by atoms with Crippen molar-refractivity contribution in [3.8, 4) is 16.3 Å². The molecule has 2 aromatic carbocycles. The highest BCUT2D eigenvalue weighted by Gasteiger charge is 2.06.